The minimum atomic E-state index is -1.11. The van der Waals surface area contributed by atoms with Crippen molar-refractivity contribution < 1.29 is 14.7 Å². The number of carboxylic acids is 1. The summed E-state index contributed by atoms with van der Waals surface area (Å²) in [6, 6.07) is 0. The van der Waals surface area contributed by atoms with Gasteiger partial charge in [-0.3, -0.25) is 10.3 Å². The summed E-state index contributed by atoms with van der Waals surface area (Å²) in [6.07, 6.45) is 0. The third kappa shape index (κ3) is 3.54. The second-order valence-electron chi connectivity index (χ2n) is 1.32. The lowest BCUT2D eigenvalue weighted by molar-refractivity contribution is -0.134. The standard InChI is InChI=1S/C5H9NO3/c1-3-9-6-4(2)5(7)8/h6H,2-3H2,1H3,(H,7,8). The number of rotatable bonds is 4. The number of aliphatic carboxylic acids is 1. The Morgan fingerprint density at radius 2 is 2.44 bits per heavy atom. The molecule has 0 aromatic heterocycles. The van der Waals surface area contributed by atoms with Crippen molar-refractivity contribution in [1.82, 2.24) is 5.48 Å². The van der Waals surface area contributed by atoms with Crippen LogP contribution >= 0.6 is 0 Å². The van der Waals surface area contributed by atoms with E-state index in [9.17, 15) is 4.79 Å². The van der Waals surface area contributed by atoms with Crippen molar-refractivity contribution in [3.05, 3.63) is 12.3 Å². The minimum Gasteiger partial charge on any atom is -0.477 e. The molecule has 9 heavy (non-hydrogen) atoms. The van der Waals surface area contributed by atoms with E-state index in [-0.39, 0.29) is 5.70 Å². The Bertz CT molecular complexity index is 121. The zero-order valence-electron chi connectivity index (χ0n) is 5.18. The van der Waals surface area contributed by atoms with Crippen molar-refractivity contribution in [3.8, 4) is 0 Å². The molecule has 0 radical (unpaired) electrons. The first kappa shape index (κ1) is 7.97. The highest BCUT2D eigenvalue weighted by Gasteiger charge is 2.00. The molecule has 4 nitrogen and oxygen atoms in total. The first-order valence-electron chi connectivity index (χ1n) is 2.48. The van der Waals surface area contributed by atoms with E-state index in [1.54, 1.807) is 6.92 Å². The summed E-state index contributed by atoms with van der Waals surface area (Å²) in [5.74, 6) is -1.11. The Hall–Kier alpha value is -1.03. The second kappa shape index (κ2) is 3.91. The van der Waals surface area contributed by atoms with Crippen LogP contribution in [-0.4, -0.2) is 17.7 Å². The van der Waals surface area contributed by atoms with Crippen LogP contribution in [0.5, 0.6) is 0 Å². The molecule has 0 saturated heterocycles. The van der Waals surface area contributed by atoms with E-state index in [2.05, 4.69) is 16.9 Å². The number of hydrogen-bond donors (Lipinski definition) is 2. The van der Waals surface area contributed by atoms with Gasteiger partial charge >= 0.3 is 5.97 Å². The Morgan fingerprint density at radius 3 is 2.78 bits per heavy atom. The Kier molecular flexibility index (Phi) is 3.46. The van der Waals surface area contributed by atoms with Crippen LogP contribution in [0.15, 0.2) is 12.3 Å². The Labute approximate surface area is 53.1 Å². The lowest BCUT2D eigenvalue weighted by atomic mass is 10.5. The molecule has 4 heteroatoms. The Balaban J connectivity index is 3.39. The molecule has 0 fully saturated rings. The average molecular weight is 131 g/mol. The molecule has 0 unspecified atom stereocenters. The van der Waals surface area contributed by atoms with Crippen molar-refractivity contribution >= 4 is 5.97 Å². The van der Waals surface area contributed by atoms with Gasteiger partial charge in [-0.1, -0.05) is 6.58 Å². The van der Waals surface area contributed by atoms with Gasteiger partial charge in [0.15, 0.2) is 0 Å². The third-order valence-corrected chi connectivity index (χ3v) is 0.598. The fourth-order valence-electron chi connectivity index (χ4n) is 0.203. The predicted molar refractivity (Wildman–Crippen MR) is 31.5 cm³/mol. The van der Waals surface area contributed by atoms with Gasteiger partial charge in [0.25, 0.3) is 0 Å². The van der Waals surface area contributed by atoms with Gasteiger partial charge in [-0.05, 0) is 6.92 Å². The number of hydrogen-bond acceptors (Lipinski definition) is 3. The molecular formula is C5H9NO3. The van der Waals surface area contributed by atoms with Gasteiger partial charge in [-0.25, -0.2) is 4.79 Å². The number of nitrogens with one attached hydrogen (secondary N) is 1. The Morgan fingerprint density at radius 1 is 1.89 bits per heavy atom. The molecule has 0 aliphatic rings. The van der Waals surface area contributed by atoms with Gasteiger partial charge in [0.2, 0.25) is 0 Å². The molecule has 0 aromatic rings. The zero-order chi connectivity index (χ0) is 7.28. The summed E-state index contributed by atoms with van der Waals surface area (Å²) in [5.41, 5.74) is 1.98. The van der Waals surface area contributed by atoms with E-state index in [4.69, 9.17) is 5.11 Å². The maximum absolute atomic E-state index is 9.96. The quantitative estimate of drug-likeness (QED) is 0.420. The molecule has 0 rings (SSSR count). The van der Waals surface area contributed by atoms with Crippen molar-refractivity contribution in [2.75, 3.05) is 6.61 Å². The molecule has 0 atom stereocenters. The highest BCUT2D eigenvalue weighted by Crippen LogP contribution is 1.81. The lowest BCUT2D eigenvalue weighted by Gasteiger charge is -2.01. The summed E-state index contributed by atoms with van der Waals surface area (Å²) in [7, 11) is 0. The van der Waals surface area contributed by atoms with Crippen molar-refractivity contribution in [1.29, 1.82) is 0 Å². The second-order valence-corrected chi connectivity index (χ2v) is 1.32. The molecule has 0 bridgehead atoms. The maximum Gasteiger partial charge on any atom is 0.353 e. The average Bonchev–Trinajstić information content (AvgIpc) is 1.82. The van der Waals surface area contributed by atoms with Crippen molar-refractivity contribution in [3.63, 3.8) is 0 Å². The van der Waals surface area contributed by atoms with Gasteiger partial charge in [-0.15, -0.1) is 0 Å². The normalized spacial score (nSPS) is 8.56. The monoisotopic (exact) mass is 131 g/mol. The fourth-order valence-corrected chi connectivity index (χ4v) is 0.203. The van der Waals surface area contributed by atoms with Crippen LogP contribution in [0.2, 0.25) is 0 Å². The smallest absolute Gasteiger partial charge is 0.353 e. The highest BCUT2D eigenvalue weighted by molar-refractivity contribution is 5.84. The molecule has 0 spiro atoms. The van der Waals surface area contributed by atoms with E-state index in [1.165, 1.54) is 0 Å². The lowest BCUT2D eigenvalue weighted by Crippen LogP contribution is -2.19. The van der Waals surface area contributed by atoms with E-state index < -0.39 is 5.97 Å². The number of hydroxylamine groups is 1. The van der Waals surface area contributed by atoms with E-state index in [1.807, 2.05) is 0 Å². The minimum absolute atomic E-state index is 0.156. The molecule has 0 aliphatic heterocycles. The molecule has 0 saturated carbocycles. The molecular weight excluding hydrogens is 122 g/mol. The molecule has 0 heterocycles. The summed E-state index contributed by atoms with van der Waals surface area (Å²) in [6.45, 7) is 5.30. The summed E-state index contributed by atoms with van der Waals surface area (Å²) in [4.78, 5) is 14.5. The number of carbonyl (C=O) groups is 1. The summed E-state index contributed by atoms with van der Waals surface area (Å²) in [5, 5.41) is 8.17. The van der Waals surface area contributed by atoms with Gasteiger partial charge in [-0.2, -0.15) is 0 Å². The topological polar surface area (TPSA) is 58.6 Å². The molecule has 0 aliphatic carbocycles. The molecule has 52 valence electrons. The first-order chi connectivity index (χ1) is 4.18. The summed E-state index contributed by atoms with van der Waals surface area (Å²) < 4.78 is 0. The van der Waals surface area contributed by atoms with Crippen LogP contribution in [-0.2, 0) is 9.63 Å². The van der Waals surface area contributed by atoms with Crippen LogP contribution in [0, 0.1) is 0 Å². The van der Waals surface area contributed by atoms with Crippen molar-refractivity contribution in [2.45, 2.75) is 6.92 Å². The maximum atomic E-state index is 9.96. The molecule has 0 amide bonds. The van der Waals surface area contributed by atoms with Gasteiger partial charge in [0.1, 0.15) is 5.70 Å². The predicted octanol–water partition coefficient (Wildman–Crippen LogP) is 0.126. The zero-order valence-corrected chi connectivity index (χ0v) is 5.18. The van der Waals surface area contributed by atoms with Crippen LogP contribution < -0.4 is 5.48 Å². The third-order valence-electron chi connectivity index (χ3n) is 0.598. The van der Waals surface area contributed by atoms with Crippen LogP contribution in [0.4, 0.5) is 0 Å². The summed E-state index contributed by atoms with van der Waals surface area (Å²) >= 11 is 0. The largest absolute Gasteiger partial charge is 0.477 e. The molecule has 2 N–H and O–H groups in total. The van der Waals surface area contributed by atoms with Gasteiger partial charge in [0.05, 0.1) is 6.61 Å². The highest BCUT2D eigenvalue weighted by atomic mass is 16.6. The number of carboxylic acid groups (broad SMARTS) is 1. The van der Waals surface area contributed by atoms with Crippen molar-refractivity contribution in [2.24, 2.45) is 0 Å². The van der Waals surface area contributed by atoms with Crippen LogP contribution in [0.25, 0.3) is 0 Å². The van der Waals surface area contributed by atoms with Crippen LogP contribution in [0.3, 0.4) is 0 Å². The van der Waals surface area contributed by atoms with Crippen LogP contribution in [0.1, 0.15) is 6.92 Å². The SMILES string of the molecule is C=C(NOCC)C(=O)O. The van der Waals surface area contributed by atoms with E-state index >= 15 is 0 Å². The molecule has 0 aromatic carbocycles. The van der Waals surface area contributed by atoms with E-state index in [0.717, 1.165) is 0 Å². The van der Waals surface area contributed by atoms with Gasteiger partial charge in [0, 0.05) is 0 Å². The van der Waals surface area contributed by atoms with Gasteiger partial charge < -0.3 is 5.11 Å². The van der Waals surface area contributed by atoms with E-state index in [0.29, 0.717) is 6.61 Å². The fraction of sp³-hybridized carbons (Fsp3) is 0.400. The first-order valence-corrected chi connectivity index (χ1v) is 2.48.